The number of carbonyl (C=O) groups excluding carboxylic acids is 1. The maximum atomic E-state index is 12.5. The summed E-state index contributed by atoms with van der Waals surface area (Å²) in [5, 5.41) is 3.01. The molecule has 4 heteroatoms. The van der Waals surface area contributed by atoms with Crippen molar-refractivity contribution in [3.8, 4) is 5.75 Å². The van der Waals surface area contributed by atoms with Gasteiger partial charge in [-0.25, -0.2) is 4.79 Å². The lowest BCUT2D eigenvalue weighted by Crippen LogP contribution is -2.48. The van der Waals surface area contributed by atoms with Crippen molar-refractivity contribution in [3.05, 3.63) is 24.3 Å². The molecule has 1 N–H and O–H groups in total. The maximum absolute atomic E-state index is 12.5. The van der Waals surface area contributed by atoms with Gasteiger partial charge in [0, 0.05) is 24.3 Å². The molecule has 2 amide bonds. The van der Waals surface area contributed by atoms with Gasteiger partial charge in [-0.05, 0) is 43.7 Å². The minimum absolute atomic E-state index is 0.0369. The lowest BCUT2D eigenvalue weighted by molar-refractivity contribution is 0.138. The molecule has 1 heterocycles. The summed E-state index contributed by atoms with van der Waals surface area (Å²) in [6.07, 6.45) is 6.13. The molecule has 0 radical (unpaired) electrons. The fraction of sp³-hybridized carbons (Fsp3) is 0.562. The topological polar surface area (TPSA) is 41.6 Å². The molecule has 20 heavy (non-hydrogen) atoms. The van der Waals surface area contributed by atoms with Crippen molar-refractivity contribution < 1.29 is 9.53 Å². The third kappa shape index (κ3) is 2.60. The third-order valence-corrected chi connectivity index (χ3v) is 4.58. The highest BCUT2D eigenvalue weighted by Crippen LogP contribution is 2.37. The molecule has 2 aliphatic rings. The summed E-state index contributed by atoms with van der Waals surface area (Å²) in [6.45, 7) is 0.886. The molecule has 108 valence electrons. The standard InChI is InChI=1S/C16H22N2O2/c1-20-14-8-3-7-13(11-14)17-16(19)18-10-4-6-12-5-2-9-15(12)18/h3,7-8,11-12,15H,2,4-6,9-10H2,1H3,(H,17,19)/t12-,15+/m0/s1. The van der Waals surface area contributed by atoms with Gasteiger partial charge in [-0.3, -0.25) is 0 Å². The van der Waals surface area contributed by atoms with Crippen LogP contribution in [0.3, 0.4) is 0 Å². The van der Waals surface area contributed by atoms with E-state index in [1.54, 1.807) is 7.11 Å². The number of nitrogens with zero attached hydrogens (tertiary/aromatic N) is 1. The van der Waals surface area contributed by atoms with Crippen LogP contribution in [-0.2, 0) is 0 Å². The number of hydrogen-bond donors (Lipinski definition) is 1. The average molecular weight is 274 g/mol. The van der Waals surface area contributed by atoms with Gasteiger partial charge in [-0.1, -0.05) is 12.5 Å². The first-order valence-electron chi connectivity index (χ1n) is 7.49. The zero-order valence-electron chi connectivity index (χ0n) is 12.0. The summed E-state index contributed by atoms with van der Waals surface area (Å²) >= 11 is 0. The Morgan fingerprint density at radius 2 is 2.15 bits per heavy atom. The van der Waals surface area contributed by atoms with E-state index in [-0.39, 0.29) is 6.03 Å². The van der Waals surface area contributed by atoms with Crippen LogP contribution in [0.2, 0.25) is 0 Å². The number of urea groups is 1. The number of nitrogens with one attached hydrogen (secondary N) is 1. The van der Waals surface area contributed by atoms with Crippen LogP contribution in [0.15, 0.2) is 24.3 Å². The Labute approximate surface area is 120 Å². The molecule has 3 rings (SSSR count). The van der Waals surface area contributed by atoms with E-state index in [2.05, 4.69) is 5.32 Å². The molecule has 1 aliphatic heterocycles. The monoisotopic (exact) mass is 274 g/mol. The lowest BCUT2D eigenvalue weighted by Gasteiger charge is -2.37. The highest BCUT2D eigenvalue weighted by molar-refractivity contribution is 5.89. The number of carbonyl (C=O) groups is 1. The molecule has 1 aromatic rings. The van der Waals surface area contributed by atoms with Crippen molar-refractivity contribution in [2.24, 2.45) is 5.92 Å². The number of rotatable bonds is 2. The Morgan fingerprint density at radius 1 is 1.30 bits per heavy atom. The summed E-state index contributed by atoms with van der Waals surface area (Å²) in [6, 6.07) is 8.01. The lowest BCUT2D eigenvalue weighted by atomic mass is 9.92. The smallest absolute Gasteiger partial charge is 0.322 e. The number of amides is 2. The highest BCUT2D eigenvalue weighted by Gasteiger charge is 2.37. The Kier molecular flexibility index (Phi) is 3.81. The summed E-state index contributed by atoms with van der Waals surface area (Å²) in [5.74, 6) is 1.49. The van der Waals surface area contributed by atoms with Gasteiger partial charge in [0.25, 0.3) is 0 Å². The Morgan fingerprint density at radius 3 is 3.00 bits per heavy atom. The van der Waals surface area contributed by atoms with Crippen LogP contribution in [0.1, 0.15) is 32.1 Å². The van der Waals surface area contributed by atoms with E-state index in [0.717, 1.165) is 36.7 Å². The van der Waals surface area contributed by atoms with E-state index in [4.69, 9.17) is 4.74 Å². The first-order valence-corrected chi connectivity index (χ1v) is 7.49. The molecule has 2 atom stereocenters. The number of piperidine rings is 1. The third-order valence-electron chi connectivity index (χ3n) is 4.58. The highest BCUT2D eigenvalue weighted by atomic mass is 16.5. The first kappa shape index (κ1) is 13.3. The largest absolute Gasteiger partial charge is 0.497 e. The second-order valence-electron chi connectivity index (χ2n) is 5.76. The molecule has 0 aromatic heterocycles. The molecule has 1 aromatic carbocycles. The molecule has 0 spiro atoms. The number of anilines is 1. The van der Waals surface area contributed by atoms with Crippen molar-refractivity contribution >= 4 is 11.7 Å². The molecule has 0 bridgehead atoms. The molecule has 1 saturated carbocycles. The van der Waals surface area contributed by atoms with E-state index in [0.29, 0.717) is 6.04 Å². The minimum atomic E-state index is 0.0369. The van der Waals surface area contributed by atoms with Crippen molar-refractivity contribution in [2.75, 3.05) is 19.0 Å². The number of hydrogen-bond acceptors (Lipinski definition) is 2. The van der Waals surface area contributed by atoms with Gasteiger partial charge in [0.1, 0.15) is 5.75 Å². The van der Waals surface area contributed by atoms with Crippen LogP contribution < -0.4 is 10.1 Å². The van der Waals surface area contributed by atoms with Crippen LogP contribution in [0.25, 0.3) is 0 Å². The normalized spacial score (nSPS) is 25.1. The van der Waals surface area contributed by atoms with Gasteiger partial charge in [-0.15, -0.1) is 0 Å². The van der Waals surface area contributed by atoms with Crippen LogP contribution in [0, 0.1) is 5.92 Å². The molecule has 1 saturated heterocycles. The van der Waals surface area contributed by atoms with Crippen LogP contribution in [0.4, 0.5) is 10.5 Å². The van der Waals surface area contributed by atoms with Crippen LogP contribution in [-0.4, -0.2) is 30.6 Å². The van der Waals surface area contributed by atoms with Crippen molar-refractivity contribution in [1.29, 1.82) is 0 Å². The SMILES string of the molecule is COc1cccc(NC(=O)N2CCC[C@@H]3CCC[C@H]32)c1. The van der Waals surface area contributed by atoms with Gasteiger partial charge in [0.05, 0.1) is 7.11 Å². The van der Waals surface area contributed by atoms with E-state index in [1.165, 1.54) is 19.3 Å². The van der Waals surface area contributed by atoms with Crippen molar-refractivity contribution in [1.82, 2.24) is 4.90 Å². The van der Waals surface area contributed by atoms with E-state index in [1.807, 2.05) is 29.2 Å². The maximum Gasteiger partial charge on any atom is 0.322 e. The fourth-order valence-electron chi connectivity index (χ4n) is 3.60. The zero-order valence-corrected chi connectivity index (χ0v) is 12.0. The van der Waals surface area contributed by atoms with Gasteiger partial charge < -0.3 is 15.0 Å². The molecule has 2 fully saturated rings. The Balaban J connectivity index is 1.68. The summed E-state index contributed by atoms with van der Waals surface area (Å²) in [4.78, 5) is 14.5. The van der Waals surface area contributed by atoms with Crippen molar-refractivity contribution in [2.45, 2.75) is 38.1 Å². The number of ether oxygens (including phenoxy) is 1. The average Bonchev–Trinajstić information content (AvgIpc) is 2.95. The second kappa shape index (κ2) is 5.73. The number of fused-ring (bicyclic) bond motifs is 1. The molecule has 4 nitrogen and oxygen atoms in total. The van der Waals surface area contributed by atoms with Gasteiger partial charge in [0.2, 0.25) is 0 Å². The Hall–Kier alpha value is -1.71. The summed E-state index contributed by atoms with van der Waals surface area (Å²) < 4.78 is 5.19. The predicted molar refractivity (Wildman–Crippen MR) is 79.1 cm³/mol. The number of benzene rings is 1. The van der Waals surface area contributed by atoms with Crippen molar-refractivity contribution in [3.63, 3.8) is 0 Å². The second-order valence-corrected chi connectivity index (χ2v) is 5.76. The Bertz CT molecular complexity index is 489. The quantitative estimate of drug-likeness (QED) is 0.897. The van der Waals surface area contributed by atoms with E-state index >= 15 is 0 Å². The van der Waals surface area contributed by atoms with E-state index < -0.39 is 0 Å². The molecule has 1 aliphatic carbocycles. The molecular weight excluding hydrogens is 252 g/mol. The minimum Gasteiger partial charge on any atom is -0.497 e. The van der Waals surface area contributed by atoms with Gasteiger partial charge in [-0.2, -0.15) is 0 Å². The van der Waals surface area contributed by atoms with Gasteiger partial charge in [0.15, 0.2) is 0 Å². The van der Waals surface area contributed by atoms with Gasteiger partial charge >= 0.3 is 6.03 Å². The molecule has 0 unspecified atom stereocenters. The van der Waals surface area contributed by atoms with E-state index in [9.17, 15) is 4.79 Å². The zero-order chi connectivity index (χ0) is 13.9. The number of likely N-dealkylation sites (tertiary alicyclic amines) is 1. The molecular formula is C16H22N2O2. The summed E-state index contributed by atoms with van der Waals surface area (Å²) in [7, 11) is 1.63. The van der Waals surface area contributed by atoms with Crippen LogP contribution in [0.5, 0.6) is 5.75 Å². The first-order chi connectivity index (χ1) is 9.78. The number of methoxy groups -OCH3 is 1. The predicted octanol–water partition coefficient (Wildman–Crippen LogP) is 3.49. The summed E-state index contributed by atoms with van der Waals surface area (Å²) in [5.41, 5.74) is 0.800. The van der Waals surface area contributed by atoms with Crippen LogP contribution >= 0.6 is 0 Å². The fourth-order valence-corrected chi connectivity index (χ4v) is 3.60.